The van der Waals surface area contributed by atoms with E-state index in [9.17, 15) is 9.59 Å². The summed E-state index contributed by atoms with van der Waals surface area (Å²) in [4.78, 5) is 23.5. The first-order valence-electron chi connectivity index (χ1n) is 6.75. The van der Waals surface area contributed by atoms with Crippen molar-refractivity contribution in [3.63, 3.8) is 0 Å². The van der Waals surface area contributed by atoms with Gasteiger partial charge < -0.3 is 10.0 Å². The van der Waals surface area contributed by atoms with Gasteiger partial charge in [-0.25, -0.2) is 0 Å². The molecule has 1 aromatic carbocycles. The zero-order valence-corrected chi connectivity index (χ0v) is 12.6. The molecule has 0 unspecified atom stereocenters. The van der Waals surface area contributed by atoms with Crippen molar-refractivity contribution in [2.75, 3.05) is 13.6 Å². The average molecular weight is 277 g/mol. The topological polar surface area (TPSA) is 57.6 Å². The van der Waals surface area contributed by atoms with E-state index in [2.05, 4.69) is 32.9 Å². The van der Waals surface area contributed by atoms with Crippen LogP contribution in [-0.4, -0.2) is 35.5 Å². The van der Waals surface area contributed by atoms with Crippen LogP contribution < -0.4 is 0 Å². The number of hydrogen-bond donors (Lipinski definition) is 1. The largest absolute Gasteiger partial charge is 0.480 e. The predicted molar refractivity (Wildman–Crippen MR) is 78.7 cm³/mol. The molecular formula is C16H23NO3. The second-order valence-corrected chi connectivity index (χ2v) is 6.09. The number of carboxylic acids is 1. The maximum atomic E-state index is 11.7. The SMILES string of the molecule is CN(CC(=O)O)C(=O)CCc1ccc(C(C)(C)C)cc1. The Labute approximate surface area is 120 Å². The summed E-state index contributed by atoms with van der Waals surface area (Å²) in [6, 6.07) is 8.23. The summed E-state index contributed by atoms with van der Waals surface area (Å²) in [7, 11) is 1.51. The highest BCUT2D eigenvalue weighted by Gasteiger charge is 2.14. The van der Waals surface area contributed by atoms with Gasteiger partial charge in [-0.05, 0) is 23.0 Å². The molecule has 20 heavy (non-hydrogen) atoms. The summed E-state index contributed by atoms with van der Waals surface area (Å²) in [6.07, 6.45) is 0.964. The summed E-state index contributed by atoms with van der Waals surface area (Å²) in [5.74, 6) is -1.14. The number of aliphatic carboxylic acids is 1. The molecule has 0 radical (unpaired) electrons. The zero-order chi connectivity index (χ0) is 15.3. The Balaban J connectivity index is 2.54. The van der Waals surface area contributed by atoms with Gasteiger partial charge in [-0.2, -0.15) is 0 Å². The molecule has 4 heteroatoms. The third kappa shape index (κ3) is 5.03. The Kier molecular flexibility index (Phi) is 5.31. The lowest BCUT2D eigenvalue weighted by Crippen LogP contribution is -2.32. The Morgan fingerprint density at radius 2 is 1.70 bits per heavy atom. The van der Waals surface area contributed by atoms with Crippen molar-refractivity contribution in [3.05, 3.63) is 35.4 Å². The number of hydrogen-bond acceptors (Lipinski definition) is 2. The predicted octanol–water partition coefficient (Wildman–Crippen LogP) is 2.46. The Morgan fingerprint density at radius 1 is 1.15 bits per heavy atom. The average Bonchev–Trinajstić information content (AvgIpc) is 2.34. The number of likely N-dealkylation sites (N-methyl/N-ethyl adjacent to an activating group) is 1. The molecule has 0 bridgehead atoms. The highest BCUT2D eigenvalue weighted by Crippen LogP contribution is 2.22. The van der Waals surface area contributed by atoms with Crippen molar-refractivity contribution in [2.24, 2.45) is 0 Å². The first-order chi connectivity index (χ1) is 9.20. The van der Waals surface area contributed by atoms with E-state index in [-0.39, 0.29) is 17.9 Å². The monoisotopic (exact) mass is 277 g/mol. The third-order valence-corrected chi connectivity index (χ3v) is 3.25. The maximum absolute atomic E-state index is 11.7. The molecule has 4 nitrogen and oxygen atoms in total. The lowest BCUT2D eigenvalue weighted by molar-refractivity contribution is -0.143. The molecule has 0 spiro atoms. The number of carbonyl (C=O) groups excluding carboxylic acids is 1. The summed E-state index contributed by atoms with van der Waals surface area (Å²) < 4.78 is 0. The van der Waals surface area contributed by atoms with Crippen LogP contribution in [0.25, 0.3) is 0 Å². The molecule has 0 aromatic heterocycles. The van der Waals surface area contributed by atoms with Crippen LogP contribution in [0.1, 0.15) is 38.3 Å². The van der Waals surface area contributed by atoms with Crippen LogP contribution in [0.4, 0.5) is 0 Å². The van der Waals surface area contributed by atoms with E-state index in [0.29, 0.717) is 12.8 Å². The van der Waals surface area contributed by atoms with Gasteiger partial charge in [-0.3, -0.25) is 9.59 Å². The van der Waals surface area contributed by atoms with Crippen molar-refractivity contribution in [2.45, 2.75) is 39.0 Å². The van der Waals surface area contributed by atoms with Crippen molar-refractivity contribution < 1.29 is 14.7 Å². The minimum atomic E-state index is -0.990. The second kappa shape index (κ2) is 6.55. The summed E-state index contributed by atoms with van der Waals surface area (Å²) in [5, 5.41) is 8.63. The molecule has 0 fully saturated rings. The van der Waals surface area contributed by atoms with E-state index in [1.54, 1.807) is 0 Å². The van der Waals surface area contributed by atoms with Crippen molar-refractivity contribution >= 4 is 11.9 Å². The Bertz CT molecular complexity index is 471. The fourth-order valence-electron chi connectivity index (χ4n) is 1.90. The fourth-order valence-corrected chi connectivity index (χ4v) is 1.90. The van der Waals surface area contributed by atoms with Crippen molar-refractivity contribution in [1.82, 2.24) is 4.90 Å². The number of carboxylic acid groups (broad SMARTS) is 1. The molecule has 0 saturated heterocycles. The number of benzene rings is 1. The lowest BCUT2D eigenvalue weighted by Gasteiger charge is -2.19. The molecule has 1 aromatic rings. The highest BCUT2D eigenvalue weighted by atomic mass is 16.4. The molecule has 0 heterocycles. The van der Waals surface area contributed by atoms with Crippen LogP contribution in [0.5, 0.6) is 0 Å². The minimum absolute atomic E-state index is 0.121. The zero-order valence-electron chi connectivity index (χ0n) is 12.6. The normalized spacial score (nSPS) is 11.2. The quantitative estimate of drug-likeness (QED) is 0.899. The minimum Gasteiger partial charge on any atom is -0.480 e. The van der Waals surface area contributed by atoms with Crippen molar-refractivity contribution in [3.8, 4) is 0 Å². The lowest BCUT2D eigenvalue weighted by atomic mass is 9.86. The van der Waals surface area contributed by atoms with Crippen LogP contribution >= 0.6 is 0 Å². The van der Waals surface area contributed by atoms with Gasteiger partial charge in [0, 0.05) is 13.5 Å². The van der Waals surface area contributed by atoms with Gasteiger partial charge >= 0.3 is 5.97 Å². The molecule has 110 valence electrons. The summed E-state index contributed by atoms with van der Waals surface area (Å²) in [6.45, 7) is 6.23. The molecule has 1 amide bonds. The van der Waals surface area contributed by atoms with Crippen LogP contribution in [-0.2, 0) is 21.4 Å². The van der Waals surface area contributed by atoms with Crippen LogP contribution in [0, 0.1) is 0 Å². The molecular weight excluding hydrogens is 254 g/mol. The molecule has 0 saturated carbocycles. The molecule has 0 aliphatic rings. The van der Waals surface area contributed by atoms with E-state index in [1.165, 1.54) is 17.5 Å². The van der Waals surface area contributed by atoms with Crippen LogP contribution in [0.2, 0.25) is 0 Å². The van der Waals surface area contributed by atoms with E-state index in [4.69, 9.17) is 5.11 Å². The highest BCUT2D eigenvalue weighted by molar-refractivity contribution is 5.81. The molecule has 0 atom stereocenters. The molecule has 1 N–H and O–H groups in total. The summed E-state index contributed by atoms with van der Waals surface area (Å²) >= 11 is 0. The van der Waals surface area contributed by atoms with Gasteiger partial charge in [0.15, 0.2) is 0 Å². The fraction of sp³-hybridized carbons (Fsp3) is 0.500. The third-order valence-electron chi connectivity index (χ3n) is 3.25. The number of carbonyl (C=O) groups is 2. The first-order valence-corrected chi connectivity index (χ1v) is 6.75. The summed E-state index contributed by atoms with van der Waals surface area (Å²) in [5.41, 5.74) is 2.47. The smallest absolute Gasteiger partial charge is 0.323 e. The van der Waals surface area contributed by atoms with Crippen LogP contribution in [0.3, 0.4) is 0 Å². The van der Waals surface area contributed by atoms with Gasteiger partial charge in [0.05, 0.1) is 0 Å². The molecule has 0 aliphatic heterocycles. The number of aryl methyl sites for hydroxylation is 1. The Morgan fingerprint density at radius 3 is 2.15 bits per heavy atom. The number of amides is 1. The second-order valence-electron chi connectivity index (χ2n) is 6.09. The molecule has 1 rings (SSSR count). The van der Waals surface area contributed by atoms with Crippen LogP contribution in [0.15, 0.2) is 24.3 Å². The van der Waals surface area contributed by atoms with Gasteiger partial charge in [0.1, 0.15) is 6.54 Å². The van der Waals surface area contributed by atoms with Gasteiger partial charge in [-0.15, -0.1) is 0 Å². The first kappa shape index (κ1) is 16.2. The number of nitrogens with zero attached hydrogens (tertiary/aromatic N) is 1. The van der Waals surface area contributed by atoms with Gasteiger partial charge in [0.25, 0.3) is 0 Å². The van der Waals surface area contributed by atoms with Gasteiger partial charge in [-0.1, -0.05) is 45.0 Å². The van der Waals surface area contributed by atoms with Gasteiger partial charge in [0.2, 0.25) is 5.91 Å². The van der Waals surface area contributed by atoms with E-state index >= 15 is 0 Å². The number of rotatable bonds is 5. The van der Waals surface area contributed by atoms with E-state index in [1.807, 2.05) is 12.1 Å². The standard InChI is InChI=1S/C16H23NO3/c1-16(2,3)13-8-5-12(6-9-13)7-10-14(18)17(4)11-15(19)20/h5-6,8-9H,7,10-11H2,1-4H3,(H,19,20). The van der Waals surface area contributed by atoms with Crippen molar-refractivity contribution in [1.29, 1.82) is 0 Å². The maximum Gasteiger partial charge on any atom is 0.323 e. The Hall–Kier alpha value is -1.84. The molecule has 0 aliphatic carbocycles. The van der Waals surface area contributed by atoms with E-state index < -0.39 is 5.97 Å². The van der Waals surface area contributed by atoms with E-state index in [0.717, 1.165) is 5.56 Å².